The number of carbonyl (C=O) groups excluding carboxylic acids is 1. The van der Waals surface area contributed by atoms with Crippen molar-refractivity contribution in [3.63, 3.8) is 0 Å². The van der Waals surface area contributed by atoms with E-state index in [1.807, 2.05) is 19.1 Å². The van der Waals surface area contributed by atoms with Crippen LogP contribution >= 0.6 is 34.7 Å². The Morgan fingerprint density at radius 1 is 1.35 bits per heavy atom. The SMILES string of the molecule is CC(Sc1ccc([N+](=O)[O-])cc1)C(=O)N(C)Cc1ccc(Cl)s1. The number of nitro groups is 1. The highest BCUT2D eigenvalue weighted by Gasteiger charge is 2.19. The molecular formula is C15H15ClN2O3S2. The van der Waals surface area contributed by atoms with E-state index in [1.54, 1.807) is 24.1 Å². The molecule has 0 aliphatic carbocycles. The number of non-ortho nitro benzene ring substituents is 1. The largest absolute Gasteiger partial charge is 0.340 e. The van der Waals surface area contributed by atoms with Crippen LogP contribution in [0, 0.1) is 10.1 Å². The van der Waals surface area contributed by atoms with Crippen LogP contribution in [0.15, 0.2) is 41.3 Å². The first-order chi connectivity index (χ1) is 10.9. The second-order valence-corrected chi connectivity index (χ2v) is 8.13. The Morgan fingerprint density at radius 2 is 2.00 bits per heavy atom. The molecule has 0 bridgehead atoms. The van der Waals surface area contributed by atoms with E-state index in [1.165, 1.54) is 35.2 Å². The molecule has 1 atom stereocenters. The van der Waals surface area contributed by atoms with Crippen LogP contribution in [-0.4, -0.2) is 28.0 Å². The summed E-state index contributed by atoms with van der Waals surface area (Å²) in [7, 11) is 1.75. The van der Waals surface area contributed by atoms with Gasteiger partial charge in [-0.05, 0) is 31.2 Å². The van der Waals surface area contributed by atoms with Gasteiger partial charge in [-0.2, -0.15) is 0 Å². The lowest BCUT2D eigenvalue weighted by Gasteiger charge is -2.20. The molecule has 2 aromatic rings. The van der Waals surface area contributed by atoms with Crippen molar-refractivity contribution in [1.82, 2.24) is 4.90 Å². The zero-order valence-electron chi connectivity index (χ0n) is 12.6. The van der Waals surface area contributed by atoms with Gasteiger partial charge in [-0.15, -0.1) is 23.1 Å². The van der Waals surface area contributed by atoms with Crippen LogP contribution in [0.5, 0.6) is 0 Å². The third-order valence-corrected chi connectivity index (χ3v) is 5.42. The van der Waals surface area contributed by atoms with Crippen molar-refractivity contribution in [2.75, 3.05) is 7.05 Å². The van der Waals surface area contributed by atoms with Gasteiger partial charge in [0, 0.05) is 29.0 Å². The number of hydrogen-bond donors (Lipinski definition) is 0. The third-order valence-electron chi connectivity index (χ3n) is 3.11. The number of nitro benzene ring substituents is 1. The van der Waals surface area contributed by atoms with Crippen LogP contribution in [0.1, 0.15) is 11.8 Å². The van der Waals surface area contributed by atoms with Gasteiger partial charge in [0.25, 0.3) is 5.69 Å². The normalized spacial score (nSPS) is 12.0. The number of thiophene rings is 1. The molecule has 1 heterocycles. The maximum Gasteiger partial charge on any atom is 0.269 e. The minimum atomic E-state index is -0.442. The summed E-state index contributed by atoms with van der Waals surface area (Å²) < 4.78 is 0.703. The molecule has 0 aliphatic rings. The Labute approximate surface area is 147 Å². The van der Waals surface area contributed by atoms with Crippen LogP contribution in [0.25, 0.3) is 0 Å². The summed E-state index contributed by atoms with van der Waals surface area (Å²) in [5.41, 5.74) is 0.0417. The summed E-state index contributed by atoms with van der Waals surface area (Å²) in [6.07, 6.45) is 0. The maximum absolute atomic E-state index is 12.4. The molecule has 0 saturated carbocycles. The fourth-order valence-corrected chi connectivity index (χ4v) is 4.08. The van der Waals surface area contributed by atoms with Gasteiger partial charge in [0.1, 0.15) is 0 Å². The van der Waals surface area contributed by atoms with Crippen molar-refractivity contribution >= 4 is 46.3 Å². The molecule has 0 spiro atoms. The molecule has 1 aromatic heterocycles. The highest BCUT2D eigenvalue weighted by atomic mass is 35.5. The van der Waals surface area contributed by atoms with E-state index in [4.69, 9.17) is 11.6 Å². The summed E-state index contributed by atoms with van der Waals surface area (Å²) in [6, 6.07) is 9.92. The van der Waals surface area contributed by atoms with E-state index in [2.05, 4.69) is 0 Å². The Hall–Kier alpha value is -1.57. The monoisotopic (exact) mass is 370 g/mol. The van der Waals surface area contributed by atoms with E-state index in [-0.39, 0.29) is 16.8 Å². The zero-order valence-corrected chi connectivity index (χ0v) is 15.0. The topological polar surface area (TPSA) is 63.5 Å². The number of thioether (sulfide) groups is 1. The number of rotatable bonds is 6. The van der Waals surface area contributed by atoms with Crippen molar-refractivity contribution in [2.45, 2.75) is 23.6 Å². The smallest absolute Gasteiger partial charge is 0.269 e. The number of halogens is 1. The highest BCUT2D eigenvalue weighted by molar-refractivity contribution is 8.00. The van der Waals surface area contributed by atoms with Crippen molar-refractivity contribution in [3.05, 3.63) is 55.7 Å². The van der Waals surface area contributed by atoms with Gasteiger partial charge >= 0.3 is 0 Å². The minimum Gasteiger partial charge on any atom is -0.340 e. The Balaban J connectivity index is 1.94. The van der Waals surface area contributed by atoms with Crippen molar-refractivity contribution < 1.29 is 9.72 Å². The summed E-state index contributed by atoms with van der Waals surface area (Å²) in [5, 5.41) is 10.4. The lowest BCUT2D eigenvalue weighted by Crippen LogP contribution is -2.32. The second-order valence-electron chi connectivity index (χ2n) is 4.91. The average molecular weight is 371 g/mol. The van der Waals surface area contributed by atoms with E-state index in [0.29, 0.717) is 10.9 Å². The van der Waals surface area contributed by atoms with Crippen LogP contribution < -0.4 is 0 Å². The number of nitrogens with zero attached hydrogens (tertiary/aromatic N) is 2. The van der Waals surface area contributed by atoms with Crippen molar-refractivity contribution in [3.8, 4) is 0 Å². The summed E-state index contributed by atoms with van der Waals surface area (Å²) in [6.45, 7) is 2.34. The van der Waals surface area contributed by atoms with Crippen LogP contribution in [-0.2, 0) is 11.3 Å². The van der Waals surface area contributed by atoms with Gasteiger partial charge in [0.2, 0.25) is 5.91 Å². The summed E-state index contributed by atoms with van der Waals surface area (Å²) in [4.78, 5) is 26.1. The molecule has 1 unspecified atom stereocenters. The number of carbonyl (C=O) groups is 1. The molecule has 0 N–H and O–H groups in total. The van der Waals surface area contributed by atoms with Crippen LogP contribution in [0.3, 0.4) is 0 Å². The van der Waals surface area contributed by atoms with E-state index >= 15 is 0 Å². The number of hydrogen-bond acceptors (Lipinski definition) is 5. The molecule has 23 heavy (non-hydrogen) atoms. The van der Waals surface area contributed by atoms with Gasteiger partial charge in [0.15, 0.2) is 0 Å². The second kappa shape index (κ2) is 7.81. The van der Waals surface area contributed by atoms with Crippen molar-refractivity contribution in [2.24, 2.45) is 0 Å². The van der Waals surface area contributed by atoms with Gasteiger partial charge in [-0.25, -0.2) is 0 Å². The Morgan fingerprint density at radius 3 is 2.52 bits per heavy atom. The zero-order chi connectivity index (χ0) is 17.0. The summed E-state index contributed by atoms with van der Waals surface area (Å²) >= 11 is 8.73. The maximum atomic E-state index is 12.4. The molecular weight excluding hydrogens is 356 g/mol. The fourth-order valence-electron chi connectivity index (χ4n) is 1.96. The standard InChI is InChI=1S/C15H15ClN2O3S2/c1-10(22-12-5-3-11(4-6-12)18(20)21)15(19)17(2)9-13-7-8-14(16)23-13/h3-8,10H,9H2,1-2H3. The first-order valence-electron chi connectivity index (χ1n) is 6.77. The summed E-state index contributed by atoms with van der Waals surface area (Å²) in [5.74, 6) is -0.00197. The van der Waals surface area contributed by atoms with Crippen LogP contribution in [0.2, 0.25) is 4.34 Å². The molecule has 1 aromatic carbocycles. The highest BCUT2D eigenvalue weighted by Crippen LogP contribution is 2.27. The number of benzene rings is 1. The Kier molecular flexibility index (Phi) is 6.04. The quantitative estimate of drug-likeness (QED) is 0.428. The van der Waals surface area contributed by atoms with Gasteiger partial charge in [-0.3, -0.25) is 14.9 Å². The third kappa shape index (κ3) is 4.95. The van der Waals surface area contributed by atoms with E-state index in [9.17, 15) is 14.9 Å². The van der Waals surface area contributed by atoms with Crippen LogP contribution in [0.4, 0.5) is 5.69 Å². The lowest BCUT2D eigenvalue weighted by atomic mass is 10.3. The average Bonchev–Trinajstić information content (AvgIpc) is 2.92. The molecule has 1 amide bonds. The molecule has 0 fully saturated rings. The predicted molar refractivity (Wildman–Crippen MR) is 94.2 cm³/mol. The molecule has 2 rings (SSSR count). The van der Waals surface area contributed by atoms with Gasteiger partial charge in [-0.1, -0.05) is 11.6 Å². The first-order valence-corrected chi connectivity index (χ1v) is 8.84. The Bertz CT molecular complexity index is 703. The lowest BCUT2D eigenvalue weighted by molar-refractivity contribution is -0.384. The molecule has 5 nitrogen and oxygen atoms in total. The minimum absolute atomic E-state index is 0.00197. The first kappa shape index (κ1) is 17.8. The fraction of sp³-hybridized carbons (Fsp3) is 0.267. The van der Waals surface area contributed by atoms with E-state index < -0.39 is 4.92 Å². The molecule has 8 heteroatoms. The predicted octanol–water partition coefficient (Wildman–Crippen LogP) is 4.45. The molecule has 0 radical (unpaired) electrons. The number of amides is 1. The van der Waals surface area contributed by atoms with Gasteiger partial charge in [0.05, 0.1) is 21.1 Å². The van der Waals surface area contributed by atoms with E-state index in [0.717, 1.165) is 9.77 Å². The van der Waals surface area contributed by atoms with Gasteiger partial charge < -0.3 is 4.90 Å². The molecule has 122 valence electrons. The van der Waals surface area contributed by atoms with Crippen molar-refractivity contribution in [1.29, 1.82) is 0 Å². The molecule has 0 aliphatic heterocycles. The molecule has 0 saturated heterocycles.